The first-order valence-electron chi connectivity index (χ1n) is 5.41. The zero-order valence-electron chi connectivity index (χ0n) is 9.66. The lowest BCUT2D eigenvalue weighted by Crippen LogP contribution is -2.32. The number of unbranched alkanes of at least 4 members (excludes halogenated alkanes) is 1. The lowest BCUT2D eigenvalue weighted by atomic mass is 10.3. The first-order valence-corrected chi connectivity index (χ1v) is 5.41. The van der Waals surface area contributed by atoms with Crippen LogP contribution in [0.25, 0.3) is 0 Å². The second kappa shape index (κ2) is 6.10. The van der Waals surface area contributed by atoms with E-state index in [-0.39, 0.29) is 11.7 Å². The molecule has 0 aliphatic rings. The summed E-state index contributed by atoms with van der Waals surface area (Å²) in [5, 5.41) is 2.53. The summed E-state index contributed by atoms with van der Waals surface area (Å²) in [5.74, 6) is -0.417. The molecule has 1 N–H and O–H groups in total. The lowest BCUT2D eigenvalue weighted by Gasteiger charge is -2.17. The average molecular weight is 224 g/mol. The van der Waals surface area contributed by atoms with E-state index in [1.165, 1.54) is 6.07 Å². The van der Waals surface area contributed by atoms with Gasteiger partial charge in [-0.05, 0) is 18.6 Å². The Morgan fingerprint density at radius 2 is 2.12 bits per heavy atom. The Kier molecular flexibility index (Phi) is 4.76. The van der Waals surface area contributed by atoms with E-state index in [4.69, 9.17) is 0 Å². The van der Waals surface area contributed by atoms with Gasteiger partial charge in [0.05, 0.1) is 5.69 Å². The molecule has 1 aromatic carbocycles. The van der Waals surface area contributed by atoms with Crippen LogP contribution in [0.5, 0.6) is 0 Å². The molecule has 0 aliphatic heterocycles. The third-order valence-electron chi connectivity index (χ3n) is 2.31. The van der Waals surface area contributed by atoms with Crippen molar-refractivity contribution in [1.29, 1.82) is 0 Å². The van der Waals surface area contributed by atoms with Crippen molar-refractivity contribution < 1.29 is 9.18 Å². The number of amides is 2. The Bertz CT molecular complexity index is 355. The summed E-state index contributed by atoms with van der Waals surface area (Å²) in [7, 11) is 1.70. The van der Waals surface area contributed by atoms with E-state index in [2.05, 4.69) is 12.2 Å². The summed E-state index contributed by atoms with van der Waals surface area (Å²) in [6, 6.07) is 5.86. The van der Waals surface area contributed by atoms with Crippen LogP contribution in [0.2, 0.25) is 0 Å². The van der Waals surface area contributed by atoms with Gasteiger partial charge in [-0.3, -0.25) is 0 Å². The molecule has 0 aliphatic carbocycles. The van der Waals surface area contributed by atoms with Gasteiger partial charge >= 0.3 is 6.03 Å². The highest BCUT2D eigenvalue weighted by atomic mass is 19.1. The van der Waals surface area contributed by atoms with Gasteiger partial charge in [-0.2, -0.15) is 0 Å². The third-order valence-corrected chi connectivity index (χ3v) is 2.31. The Hall–Kier alpha value is -1.58. The maximum Gasteiger partial charge on any atom is 0.321 e. The molecule has 88 valence electrons. The fourth-order valence-corrected chi connectivity index (χ4v) is 1.27. The predicted molar refractivity (Wildman–Crippen MR) is 63.0 cm³/mol. The van der Waals surface area contributed by atoms with Crippen LogP contribution >= 0.6 is 0 Å². The molecule has 3 nitrogen and oxygen atoms in total. The zero-order valence-corrected chi connectivity index (χ0v) is 9.66. The molecular formula is C12H17FN2O. The van der Waals surface area contributed by atoms with Gasteiger partial charge in [-0.1, -0.05) is 25.5 Å². The summed E-state index contributed by atoms with van der Waals surface area (Å²) in [5.41, 5.74) is 0.218. The lowest BCUT2D eigenvalue weighted by molar-refractivity contribution is 0.221. The zero-order chi connectivity index (χ0) is 12.0. The van der Waals surface area contributed by atoms with Gasteiger partial charge in [0.15, 0.2) is 0 Å². The van der Waals surface area contributed by atoms with Crippen molar-refractivity contribution in [3.63, 3.8) is 0 Å². The summed E-state index contributed by atoms with van der Waals surface area (Å²) in [6.07, 6.45) is 1.97. The SMILES string of the molecule is CCCCN(C)C(=O)Nc1ccccc1F. The minimum atomic E-state index is -0.417. The van der Waals surface area contributed by atoms with Crippen molar-refractivity contribution in [1.82, 2.24) is 4.90 Å². The normalized spacial score (nSPS) is 9.94. The second-order valence-corrected chi connectivity index (χ2v) is 3.69. The molecule has 4 heteroatoms. The Balaban J connectivity index is 2.54. The van der Waals surface area contributed by atoms with Crippen molar-refractivity contribution in [2.24, 2.45) is 0 Å². The van der Waals surface area contributed by atoms with Gasteiger partial charge in [0.1, 0.15) is 5.82 Å². The van der Waals surface area contributed by atoms with E-state index >= 15 is 0 Å². The average Bonchev–Trinajstić information content (AvgIpc) is 2.28. The molecule has 0 saturated carbocycles. The second-order valence-electron chi connectivity index (χ2n) is 3.69. The molecule has 0 unspecified atom stereocenters. The van der Waals surface area contributed by atoms with E-state index in [0.717, 1.165) is 12.8 Å². The third kappa shape index (κ3) is 3.53. The summed E-state index contributed by atoms with van der Waals surface area (Å²) in [6.45, 7) is 2.74. The number of para-hydroxylation sites is 1. The number of nitrogens with zero attached hydrogens (tertiary/aromatic N) is 1. The van der Waals surface area contributed by atoms with Crippen molar-refractivity contribution in [3.8, 4) is 0 Å². The van der Waals surface area contributed by atoms with Crippen molar-refractivity contribution in [3.05, 3.63) is 30.1 Å². The van der Waals surface area contributed by atoms with Crippen LogP contribution < -0.4 is 5.32 Å². The molecule has 0 radical (unpaired) electrons. The number of rotatable bonds is 4. The Morgan fingerprint density at radius 1 is 1.44 bits per heavy atom. The maximum absolute atomic E-state index is 13.2. The van der Waals surface area contributed by atoms with Crippen molar-refractivity contribution >= 4 is 11.7 Å². The van der Waals surface area contributed by atoms with Gasteiger partial charge in [0.25, 0.3) is 0 Å². The molecule has 0 fully saturated rings. The highest BCUT2D eigenvalue weighted by Crippen LogP contribution is 2.12. The monoisotopic (exact) mass is 224 g/mol. The van der Waals surface area contributed by atoms with Gasteiger partial charge in [-0.25, -0.2) is 9.18 Å². The van der Waals surface area contributed by atoms with Gasteiger partial charge in [-0.15, -0.1) is 0 Å². The van der Waals surface area contributed by atoms with Crippen molar-refractivity contribution in [2.45, 2.75) is 19.8 Å². The van der Waals surface area contributed by atoms with Crippen LogP contribution in [0, 0.1) is 5.82 Å². The number of hydrogen-bond acceptors (Lipinski definition) is 1. The van der Waals surface area contributed by atoms with Crippen LogP contribution in [0.1, 0.15) is 19.8 Å². The smallest absolute Gasteiger partial charge is 0.321 e. The Labute approximate surface area is 95.3 Å². The number of nitrogens with one attached hydrogen (secondary N) is 1. The van der Waals surface area contributed by atoms with Crippen LogP contribution in [0.3, 0.4) is 0 Å². The van der Waals surface area contributed by atoms with Gasteiger partial charge < -0.3 is 10.2 Å². The first-order chi connectivity index (χ1) is 7.65. The summed E-state index contributed by atoms with van der Waals surface area (Å²) < 4.78 is 13.2. The number of carbonyl (C=O) groups is 1. The first kappa shape index (κ1) is 12.5. The number of anilines is 1. The van der Waals surface area contributed by atoms with E-state index in [1.54, 1.807) is 30.1 Å². The molecule has 1 rings (SSSR count). The molecule has 2 amide bonds. The number of halogens is 1. The van der Waals surface area contributed by atoms with Crippen LogP contribution in [-0.2, 0) is 0 Å². The fraction of sp³-hybridized carbons (Fsp3) is 0.417. The maximum atomic E-state index is 13.2. The molecule has 0 heterocycles. The molecule has 0 atom stereocenters. The molecule has 0 bridgehead atoms. The standard InChI is InChI=1S/C12H17FN2O/c1-3-4-9-15(2)12(16)14-11-8-6-5-7-10(11)13/h5-8H,3-4,9H2,1-2H3,(H,14,16). The van der Waals surface area contributed by atoms with E-state index < -0.39 is 5.82 Å². The highest BCUT2D eigenvalue weighted by molar-refractivity contribution is 5.89. The van der Waals surface area contributed by atoms with Gasteiger partial charge in [0.2, 0.25) is 0 Å². The molecule has 16 heavy (non-hydrogen) atoms. The van der Waals surface area contributed by atoms with E-state index in [0.29, 0.717) is 6.54 Å². The number of benzene rings is 1. The van der Waals surface area contributed by atoms with Crippen molar-refractivity contribution in [2.75, 3.05) is 18.9 Å². The van der Waals surface area contributed by atoms with Crippen LogP contribution in [0.15, 0.2) is 24.3 Å². The summed E-state index contributed by atoms with van der Waals surface area (Å²) >= 11 is 0. The molecule has 1 aromatic rings. The highest BCUT2D eigenvalue weighted by Gasteiger charge is 2.09. The largest absolute Gasteiger partial charge is 0.328 e. The predicted octanol–water partition coefficient (Wildman–Crippen LogP) is 3.09. The van der Waals surface area contributed by atoms with Gasteiger partial charge in [0, 0.05) is 13.6 Å². The Morgan fingerprint density at radius 3 is 2.75 bits per heavy atom. The van der Waals surface area contributed by atoms with E-state index in [9.17, 15) is 9.18 Å². The molecule has 0 aromatic heterocycles. The van der Waals surface area contributed by atoms with Crippen LogP contribution in [-0.4, -0.2) is 24.5 Å². The number of urea groups is 1. The number of hydrogen-bond donors (Lipinski definition) is 1. The molecular weight excluding hydrogens is 207 g/mol. The number of carbonyl (C=O) groups excluding carboxylic acids is 1. The summed E-state index contributed by atoms with van der Waals surface area (Å²) in [4.78, 5) is 13.2. The quantitative estimate of drug-likeness (QED) is 0.837. The minimum Gasteiger partial charge on any atom is -0.328 e. The topological polar surface area (TPSA) is 32.3 Å². The van der Waals surface area contributed by atoms with E-state index in [1.807, 2.05) is 0 Å². The molecule has 0 spiro atoms. The fourth-order valence-electron chi connectivity index (χ4n) is 1.27. The minimum absolute atomic E-state index is 0.218. The molecule has 0 saturated heterocycles. The van der Waals surface area contributed by atoms with Crippen LogP contribution in [0.4, 0.5) is 14.9 Å².